The van der Waals surface area contributed by atoms with Gasteiger partial charge in [0, 0.05) is 6.42 Å². The molecular formula is C25H38O3. The third-order valence-electron chi connectivity index (χ3n) is 4.63. The monoisotopic (exact) mass is 386 g/mol. The molecular weight excluding hydrogens is 348 g/mol. The number of hydrogen-bond donors (Lipinski definition) is 1. The smallest absolute Gasteiger partial charge is 0.133 e. The van der Waals surface area contributed by atoms with E-state index in [1.165, 1.54) is 57.8 Å². The van der Waals surface area contributed by atoms with Crippen LogP contribution < -0.4 is 9.47 Å². The summed E-state index contributed by atoms with van der Waals surface area (Å²) in [6.07, 6.45) is 16.9. The molecule has 0 aliphatic carbocycles. The van der Waals surface area contributed by atoms with Crippen molar-refractivity contribution in [3.63, 3.8) is 0 Å². The lowest BCUT2D eigenvalue weighted by Crippen LogP contribution is -1.99. The lowest BCUT2D eigenvalue weighted by Gasteiger charge is -2.04. The Labute approximate surface area is 172 Å². The van der Waals surface area contributed by atoms with Crippen molar-refractivity contribution in [1.29, 1.82) is 0 Å². The minimum Gasteiger partial charge on any atom is -0.497 e. The summed E-state index contributed by atoms with van der Waals surface area (Å²) in [5.74, 6) is 7.52. The van der Waals surface area contributed by atoms with Crippen LogP contribution in [0, 0.1) is 11.8 Å². The molecule has 28 heavy (non-hydrogen) atoms. The molecule has 0 aliphatic heterocycles. The Kier molecular flexibility index (Phi) is 14.8. The number of ether oxygens (including phenoxy) is 2. The molecule has 1 aromatic carbocycles. The zero-order valence-corrected chi connectivity index (χ0v) is 17.8. The van der Waals surface area contributed by atoms with Crippen molar-refractivity contribution in [2.75, 3.05) is 13.7 Å². The maximum Gasteiger partial charge on any atom is 0.133 e. The van der Waals surface area contributed by atoms with Gasteiger partial charge in [-0.3, -0.25) is 0 Å². The number of hydrogen-bond acceptors (Lipinski definition) is 3. The highest BCUT2D eigenvalue weighted by atomic mass is 16.5. The van der Waals surface area contributed by atoms with Crippen molar-refractivity contribution in [3.05, 3.63) is 36.4 Å². The van der Waals surface area contributed by atoms with Gasteiger partial charge in [0.2, 0.25) is 0 Å². The topological polar surface area (TPSA) is 38.7 Å². The van der Waals surface area contributed by atoms with Gasteiger partial charge in [0.05, 0.1) is 7.11 Å². The van der Waals surface area contributed by atoms with Crippen LogP contribution in [0.25, 0.3) is 0 Å². The maximum atomic E-state index is 9.84. The van der Waals surface area contributed by atoms with Gasteiger partial charge in [-0.1, -0.05) is 70.6 Å². The number of unbranched alkanes of at least 4 members (excludes halogenated alkanes) is 10. The number of aliphatic hydroxyl groups excluding tert-OH is 1. The summed E-state index contributed by atoms with van der Waals surface area (Å²) < 4.78 is 10.7. The molecule has 0 saturated heterocycles. The summed E-state index contributed by atoms with van der Waals surface area (Å²) in [6, 6.07) is 7.42. The number of aliphatic hydroxyl groups is 1. The molecule has 0 aliphatic rings. The van der Waals surface area contributed by atoms with Crippen molar-refractivity contribution in [3.8, 4) is 23.3 Å². The van der Waals surface area contributed by atoms with Crippen molar-refractivity contribution < 1.29 is 14.6 Å². The normalized spacial score (nSPS) is 11.8. The van der Waals surface area contributed by atoms with Gasteiger partial charge in [-0.2, -0.15) is 0 Å². The molecule has 0 spiro atoms. The Morgan fingerprint density at radius 3 is 2.07 bits per heavy atom. The van der Waals surface area contributed by atoms with E-state index < -0.39 is 6.10 Å². The van der Waals surface area contributed by atoms with Gasteiger partial charge in [-0.25, -0.2) is 0 Å². The lowest BCUT2D eigenvalue weighted by molar-refractivity contribution is 0.278. The fourth-order valence-electron chi connectivity index (χ4n) is 2.93. The first-order valence-corrected chi connectivity index (χ1v) is 10.9. The molecule has 0 fully saturated rings. The van der Waals surface area contributed by atoms with Gasteiger partial charge in [0.1, 0.15) is 24.2 Å². The second-order valence-corrected chi connectivity index (χ2v) is 7.11. The van der Waals surface area contributed by atoms with Gasteiger partial charge < -0.3 is 14.6 Å². The van der Waals surface area contributed by atoms with Gasteiger partial charge in [-0.15, -0.1) is 5.92 Å². The van der Waals surface area contributed by atoms with Crippen LogP contribution in [0.3, 0.4) is 0 Å². The van der Waals surface area contributed by atoms with E-state index in [0.29, 0.717) is 6.61 Å². The third-order valence-corrected chi connectivity index (χ3v) is 4.63. The van der Waals surface area contributed by atoms with Crippen molar-refractivity contribution in [2.24, 2.45) is 0 Å². The van der Waals surface area contributed by atoms with Crippen molar-refractivity contribution >= 4 is 0 Å². The Morgan fingerprint density at radius 1 is 0.893 bits per heavy atom. The second-order valence-electron chi connectivity index (χ2n) is 7.11. The molecule has 0 bridgehead atoms. The second kappa shape index (κ2) is 17.2. The Bertz CT molecular complexity index is 566. The lowest BCUT2D eigenvalue weighted by atomic mass is 10.1. The molecule has 1 rings (SSSR count). The summed E-state index contributed by atoms with van der Waals surface area (Å²) in [6.45, 7) is 2.67. The van der Waals surface area contributed by atoms with Crippen molar-refractivity contribution in [1.82, 2.24) is 0 Å². The molecule has 0 radical (unpaired) electrons. The van der Waals surface area contributed by atoms with E-state index in [1.54, 1.807) is 19.3 Å². The molecule has 0 aromatic heterocycles. The van der Waals surface area contributed by atoms with Crippen LogP contribution in [0.15, 0.2) is 36.4 Å². The fourth-order valence-corrected chi connectivity index (χ4v) is 2.93. The molecule has 1 atom stereocenters. The molecule has 3 heteroatoms. The first-order valence-electron chi connectivity index (χ1n) is 10.9. The van der Waals surface area contributed by atoms with Crippen LogP contribution in [0.5, 0.6) is 11.5 Å². The maximum absolute atomic E-state index is 9.84. The molecule has 0 saturated carbocycles. The Morgan fingerprint density at radius 2 is 1.46 bits per heavy atom. The molecule has 1 aromatic rings. The summed E-state index contributed by atoms with van der Waals surface area (Å²) in [7, 11) is 1.64. The highest BCUT2D eigenvalue weighted by Gasteiger charge is 1.95. The zero-order valence-electron chi connectivity index (χ0n) is 17.8. The molecule has 1 N–H and O–H groups in total. The number of benzene rings is 1. The van der Waals surface area contributed by atoms with Crippen LogP contribution in [0.1, 0.15) is 77.6 Å². The van der Waals surface area contributed by atoms with Gasteiger partial charge in [0.25, 0.3) is 0 Å². The van der Waals surface area contributed by atoms with E-state index in [4.69, 9.17) is 9.47 Å². The minimum atomic E-state index is -0.720. The van der Waals surface area contributed by atoms with Crippen LogP contribution >= 0.6 is 0 Å². The standard InChI is InChI=1S/C25H38O3/c1-3-4-5-6-7-8-9-10-11-12-13-14-16-23(26)17-15-22-28-25-20-18-24(27-2)19-21-25/h15,17-21,23,26H,3-13,22H2,1-2H3/b17-15+/t23-/m0/s1. The first kappa shape index (κ1) is 24.1. The molecule has 0 heterocycles. The predicted octanol–water partition coefficient (Wildman–Crippen LogP) is 6.31. The summed E-state index contributed by atoms with van der Waals surface area (Å²) in [4.78, 5) is 0. The minimum absolute atomic E-state index is 0.406. The fraction of sp³-hybridized carbons (Fsp3) is 0.600. The Balaban J connectivity index is 1.99. The van der Waals surface area contributed by atoms with Crippen LogP contribution in [0.4, 0.5) is 0 Å². The van der Waals surface area contributed by atoms with E-state index in [1.807, 2.05) is 24.3 Å². The Hall–Kier alpha value is -1.92. The highest BCUT2D eigenvalue weighted by Crippen LogP contribution is 2.16. The van der Waals surface area contributed by atoms with Gasteiger partial charge in [0.15, 0.2) is 0 Å². The molecule has 0 unspecified atom stereocenters. The van der Waals surface area contributed by atoms with Crippen LogP contribution in [-0.2, 0) is 0 Å². The first-order chi connectivity index (χ1) is 13.8. The average Bonchev–Trinajstić information content (AvgIpc) is 2.72. The van der Waals surface area contributed by atoms with E-state index in [-0.39, 0.29) is 0 Å². The summed E-state index contributed by atoms with van der Waals surface area (Å²) in [5, 5.41) is 9.84. The van der Waals surface area contributed by atoms with Crippen molar-refractivity contribution in [2.45, 2.75) is 83.7 Å². The van der Waals surface area contributed by atoms with E-state index in [9.17, 15) is 5.11 Å². The van der Waals surface area contributed by atoms with E-state index in [0.717, 1.165) is 24.3 Å². The van der Waals surface area contributed by atoms with Gasteiger partial charge >= 0.3 is 0 Å². The predicted molar refractivity (Wildman–Crippen MR) is 118 cm³/mol. The highest BCUT2D eigenvalue weighted by molar-refractivity contribution is 5.31. The zero-order chi connectivity index (χ0) is 20.3. The van der Waals surface area contributed by atoms with Crippen LogP contribution in [0.2, 0.25) is 0 Å². The third kappa shape index (κ3) is 13.3. The van der Waals surface area contributed by atoms with E-state index in [2.05, 4.69) is 18.8 Å². The SMILES string of the molecule is CCCCCCCCCCCCC#C[C@H](O)/C=C/COc1ccc(OC)cc1. The summed E-state index contributed by atoms with van der Waals surface area (Å²) >= 11 is 0. The molecule has 0 amide bonds. The number of methoxy groups -OCH3 is 1. The average molecular weight is 387 g/mol. The number of rotatable bonds is 15. The molecule has 3 nitrogen and oxygen atoms in total. The summed E-state index contributed by atoms with van der Waals surface area (Å²) in [5.41, 5.74) is 0. The quantitative estimate of drug-likeness (QED) is 0.218. The molecule has 156 valence electrons. The largest absolute Gasteiger partial charge is 0.497 e. The van der Waals surface area contributed by atoms with E-state index >= 15 is 0 Å². The van der Waals surface area contributed by atoms with Gasteiger partial charge in [-0.05, 0) is 42.8 Å². The van der Waals surface area contributed by atoms with Crippen LogP contribution in [-0.4, -0.2) is 24.9 Å².